The molecular formula is C17H20N2O. The predicted molar refractivity (Wildman–Crippen MR) is 81.1 cm³/mol. The van der Waals surface area contributed by atoms with Gasteiger partial charge in [-0.05, 0) is 55.1 Å². The Balaban J connectivity index is 1.74. The lowest BCUT2D eigenvalue weighted by atomic mass is 9.99. The van der Waals surface area contributed by atoms with E-state index in [2.05, 4.69) is 23.5 Å². The van der Waals surface area contributed by atoms with Gasteiger partial charge in [-0.3, -0.25) is 4.79 Å². The summed E-state index contributed by atoms with van der Waals surface area (Å²) in [5.74, 6) is 0. The summed E-state index contributed by atoms with van der Waals surface area (Å²) in [6.07, 6.45) is 4.99. The molecule has 1 aliphatic heterocycles. The number of hydrogen-bond donors (Lipinski definition) is 1. The van der Waals surface area contributed by atoms with Gasteiger partial charge in [-0.25, -0.2) is 0 Å². The SMILES string of the molecule is O=c1ccccn1CCc1ccc2c(c1)CCNCC2. The molecule has 0 radical (unpaired) electrons. The smallest absolute Gasteiger partial charge is 0.250 e. The zero-order valence-corrected chi connectivity index (χ0v) is 11.6. The summed E-state index contributed by atoms with van der Waals surface area (Å²) in [5, 5.41) is 3.43. The average Bonchev–Trinajstić information content (AvgIpc) is 2.71. The second kappa shape index (κ2) is 6.06. The van der Waals surface area contributed by atoms with Crippen LogP contribution in [0.3, 0.4) is 0 Å². The molecule has 3 heteroatoms. The highest BCUT2D eigenvalue weighted by molar-refractivity contribution is 5.33. The fourth-order valence-electron chi connectivity index (χ4n) is 2.78. The minimum absolute atomic E-state index is 0.0754. The lowest BCUT2D eigenvalue weighted by molar-refractivity contribution is 0.669. The van der Waals surface area contributed by atoms with Gasteiger partial charge in [-0.2, -0.15) is 0 Å². The van der Waals surface area contributed by atoms with Crippen molar-refractivity contribution in [3.8, 4) is 0 Å². The van der Waals surface area contributed by atoms with Crippen LogP contribution in [-0.2, 0) is 25.8 Å². The number of fused-ring (bicyclic) bond motifs is 1. The Labute approximate surface area is 119 Å². The van der Waals surface area contributed by atoms with Crippen molar-refractivity contribution in [3.63, 3.8) is 0 Å². The van der Waals surface area contributed by atoms with E-state index in [4.69, 9.17) is 0 Å². The van der Waals surface area contributed by atoms with Gasteiger partial charge in [0.15, 0.2) is 0 Å². The van der Waals surface area contributed by atoms with E-state index in [0.29, 0.717) is 0 Å². The van der Waals surface area contributed by atoms with Gasteiger partial charge < -0.3 is 9.88 Å². The molecule has 0 spiro atoms. The van der Waals surface area contributed by atoms with Gasteiger partial charge in [-0.15, -0.1) is 0 Å². The van der Waals surface area contributed by atoms with Gasteiger partial charge in [0, 0.05) is 18.8 Å². The monoisotopic (exact) mass is 268 g/mol. The molecule has 0 aliphatic carbocycles. The predicted octanol–water partition coefficient (Wildman–Crippen LogP) is 1.78. The summed E-state index contributed by atoms with van der Waals surface area (Å²) < 4.78 is 1.77. The molecule has 1 aromatic carbocycles. The molecule has 104 valence electrons. The normalized spacial score (nSPS) is 14.6. The Kier molecular flexibility index (Phi) is 3.97. The van der Waals surface area contributed by atoms with E-state index < -0.39 is 0 Å². The van der Waals surface area contributed by atoms with Crippen molar-refractivity contribution in [2.24, 2.45) is 0 Å². The van der Waals surface area contributed by atoms with Gasteiger partial charge in [0.2, 0.25) is 0 Å². The first kappa shape index (κ1) is 13.1. The van der Waals surface area contributed by atoms with Crippen molar-refractivity contribution in [1.82, 2.24) is 9.88 Å². The van der Waals surface area contributed by atoms with E-state index in [-0.39, 0.29) is 5.56 Å². The van der Waals surface area contributed by atoms with E-state index in [1.165, 1.54) is 16.7 Å². The Hall–Kier alpha value is -1.87. The van der Waals surface area contributed by atoms with E-state index in [0.717, 1.165) is 38.9 Å². The largest absolute Gasteiger partial charge is 0.316 e. The molecule has 2 aromatic rings. The van der Waals surface area contributed by atoms with Gasteiger partial charge >= 0.3 is 0 Å². The summed E-state index contributed by atoms with van der Waals surface area (Å²) in [6.45, 7) is 2.89. The minimum atomic E-state index is 0.0754. The number of pyridine rings is 1. The Morgan fingerprint density at radius 1 is 1.05 bits per heavy atom. The van der Waals surface area contributed by atoms with Crippen LogP contribution in [0.4, 0.5) is 0 Å². The van der Waals surface area contributed by atoms with Crippen LogP contribution in [-0.4, -0.2) is 17.7 Å². The maximum atomic E-state index is 11.7. The highest BCUT2D eigenvalue weighted by Gasteiger charge is 2.08. The van der Waals surface area contributed by atoms with E-state index >= 15 is 0 Å². The standard InChI is InChI=1S/C17H20N2O/c20-17-3-1-2-11-19(17)12-8-14-4-5-15-6-9-18-10-7-16(15)13-14/h1-5,11,13,18H,6-10,12H2. The van der Waals surface area contributed by atoms with Crippen LogP contribution < -0.4 is 10.9 Å². The fraction of sp³-hybridized carbons (Fsp3) is 0.353. The maximum absolute atomic E-state index is 11.7. The summed E-state index contributed by atoms with van der Waals surface area (Å²) >= 11 is 0. The molecule has 0 bridgehead atoms. The minimum Gasteiger partial charge on any atom is -0.316 e. The molecule has 3 nitrogen and oxygen atoms in total. The molecule has 1 aromatic heterocycles. The summed E-state index contributed by atoms with van der Waals surface area (Å²) in [7, 11) is 0. The lowest BCUT2D eigenvalue weighted by Crippen LogP contribution is -2.18. The van der Waals surface area contributed by atoms with Crippen molar-refractivity contribution in [1.29, 1.82) is 0 Å². The van der Waals surface area contributed by atoms with Crippen molar-refractivity contribution >= 4 is 0 Å². The fourth-order valence-corrected chi connectivity index (χ4v) is 2.78. The van der Waals surface area contributed by atoms with Gasteiger partial charge in [0.05, 0.1) is 0 Å². The third-order valence-electron chi connectivity index (χ3n) is 3.95. The number of benzene rings is 1. The number of nitrogens with zero attached hydrogens (tertiary/aromatic N) is 1. The van der Waals surface area contributed by atoms with Gasteiger partial charge in [-0.1, -0.05) is 24.3 Å². The summed E-state index contributed by atoms with van der Waals surface area (Å²) in [4.78, 5) is 11.7. The van der Waals surface area contributed by atoms with Crippen LogP contribution >= 0.6 is 0 Å². The number of nitrogens with one attached hydrogen (secondary N) is 1. The highest BCUT2D eigenvalue weighted by Crippen LogP contribution is 2.16. The maximum Gasteiger partial charge on any atom is 0.250 e. The van der Waals surface area contributed by atoms with E-state index in [1.54, 1.807) is 16.7 Å². The third kappa shape index (κ3) is 2.99. The van der Waals surface area contributed by atoms with Crippen molar-refractivity contribution in [2.45, 2.75) is 25.8 Å². The molecule has 0 atom stereocenters. The molecule has 0 unspecified atom stereocenters. The topological polar surface area (TPSA) is 34.0 Å². The second-order valence-electron chi connectivity index (χ2n) is 5.34. The Bertz CT molecular complexity index is 645. The lowest BCUT2D eigenvalue weighted by Gasteiger charge is -2.09. The average molecular weight is 268 g/mol. The molecule has 0 saturated carbocycles. The molecule has 0 amide bonds. The van der Waals surface area contributed by atoms with Crippen molar-refractivity contribution in [3.05, 3.63) is 69.6 Å². The number of hydrogen-bond acceptors (Lipinski definition) is 2. The quantitative estimate of drug-likeness (QED) is 0.920. The van der Waals surface area contributed by atoms with Gasteiger partial charge in [0.25, 0.3) is 5.56 Å². The first-order chi connectivity index (χ1) is 9.83. The molecule has 1 N–H and O–H groups in total. The molecule has 3 rings (SSSR count). The summed E-state index contributed by atoms with van der Waals surface area (Å²) in [5.41, 5.74) is 4.33. The van der Waals surface area contributed by atoms with Gasteiger partial charge in [0.1, 0.15) is 0 Å². The van der Waals surface area contributed by atoms with Crippen LogP contribution in [0.15, 0.2) is 47.4 Å². The van der Waals surface area contributed by atoms with Crippen LogP contribution in [0.25, 0.3) is 0 Å². The summed E-state index contributed by atoms with van der Waals surface area (Å²) in [6, 6.07) is 12.1. The van der Waals surface area contributed by atoms with Crippen LogP contribution in [0.1, 0.15) is 16.7 Å². The molecule has 20 heavy (non-hydrogen) atoms. The zero-order chi connectivity index (χ0) is 13.8. The number of rotatable bonds is 3. The van der Waals surface area contributed by atoms with E-state index in [9.17, 15) is 4.79 Å². The molecule has 1 aliphatic rings. The Morgan fingerprint density at radius 3 is 2.75 bits per heavy atom. The van der Waals surface area contributed by atoms with Crippen molar-refractivity contribution in [2.75, 3.05) is 13.1 Å². The first-order valence-electron chi connectivity index (χ1n) is 7.30. The van der Waals surface area contributed by atoms with Crippen LogP contribution in [0, 0.1) is 0 Å². The Morgan fingerprint density at radius 2 is 1.90 bits per heavy atom. The molecule has 2 heterocycles. The number of aryl methyl sites for hydroxylation is 2. The van der Waals surface area contributed by atoms with Crippen LogP contribution in [0.5, 0.6) is 0 Å². The zero-order valence-electron chi connectivity index (χ0n) is 11.6. The number of aromatic nitrogens is 1. The third-order valence-corrected chi connectivity index (χ3v) is 3.95. The van der Waals surface area contributed by atoms with E-state index in [1.807, 2.05) is 12.3 Å². The molecular weight excluding hydrogens is 248 g/mol. The molecule has 0 saturated heterocycles. The molecule has 0 fully saturated rings. The first-order valence-corrected chi connectivity index (χ1v) is 7.30. The second-order valence-corrected chi connectivity index (χ2v) is 5.34. The van der Waals surface area contributed by atoms with Crippen molar-refractivity contribution < 1.29 is 0 Å². The highest BCUT2D eigenvalue weighted by atomic mass is 16.1. The van der Waals surface area contributed by atoms with Crippen LogP contribution in [0.2, 0.25) is 0 Å².